The summed E-state index contributed by atoms with van der Waals surface area (Å²) in [5, 5.41) is 1.16. The second-order valence-electron chi connectivity index (χ2n) is 7.09. The molecule has 0 radical (unpaired) electrons. The molecule has 29 heavy (non-hydrogen) atoms. The lowest BCUT2D eigenvalue weighted by Gasteiger charge is -2.11. The molecule has 0 aliphatic heterocycles. The molecule has 0 aliphatic rings. The van der Waals surface area contributed by atoms with E-state index in [0.29, 0.717) is 0 Å². The zero-order valence-electron chi connectivity index (χ0n) is 16.7. The zero-order chi connectivity index (χ0) is 20.1. The minimum Gasteiger partial charge on any atom is -0.378 e. The van der Waals surface area contributed by atoms with E-state index >= 15 is 0 Å². The van der Waals surface area contributed by atoms with Crippen LogP contribution < -0.4 is 4.90 Å². The van der Waals surface area contributed by atoms with Crippen molar-refractivity contribution in [1.82, 2.24) is 4.98 Å². The molecule has 0 N–H and O–H groups in total. The largest absolute Gasteiger partial charge is 0.378 e. The van der Waals surface area contributed by atoms with Gasteiger partial charge < -0.3 is 4.90 Å². The van der Waals surface area contributed by atoms with Crippen molar-refractivity contribution in [3.63, 3.8) is 0 Å². The number of pyridine rings is 1. The third kappa shape index (κ3) is 4.58. The summed E-state index contributed by atoms with van der Waals surface area (Å²) >= 11 is 0. The van der Waals surface area contributed by atoms with Crippen LogP contribution in [-0.2, 0) is 0 Å². The van der Waals surface area contributed by atoms with Gasteiger partial charge in [-0.1, -0.05) is 54.6 Å². The predicted octanol–water partition coefficient (Wildman–Crippen LogP) is 6.22. The summed E-state index contributed by atoms with van der Waals surface area (Å²) in [6.45, 7) is 0. The third-order valence-corrected chi connectivity index (χ3v) is 4.80. The lowest BCUT2D eigenvalue weighted by molar-refractivity contribution is 1.13. The molecule has 0 saturated heterocycles. The molecule has 1 heterocycles. The first-order valence-corrected chi connectivity index (χ1v) is 9.62. The van der Waals surface area contributed by atoms with Gasteiger partial charge in [-0.3, -0.25) is 9.98 Å². The van der Waals surface area contributed by atoms with Gasteiger partial charge in [0.25, 0.3) is 0 Å². The molecule has 1 aromatic heterocycles. The molecule has 142 valence electrons. The molecule has 0 bridgehead atoms. The predicted molar refractivity (Wildman–Crippen MR) is 125 cm³/mol. The summed E-state index contributed by atoms with van der Waals surface area (Å²) in [6.07, 6.45) is 8.00. The molecule has 4 rings (SSSR count). The van der Waals surface area contributed by atoms with Crippen LogP contribution in [0.1, 0.15) is 16.7 Å². The first-order chi connectivity index (χ1) is 14.2. The average Bonchev–Trinajstić information content (AvgIpc) is 2.77. The van der Waals surface area contributed by atoms with E-state index in [1.54, 1.807) is 0 Å². The number of fused-ring (bicyclic) bond motifs is 1. The Morgan fingerprint density at radius 1 is 0.759 bits per heavy atom. The monoisotopic (exact) mass is 377 g/mol. The van der Waals surface area contributed by atoms with Crippen molar-refractivity contribution in [1.29, 1.82) is 0 Å². The standard InChI is InChI=1S/C26H23N3/c1-29(2)24-15-10-21(11-16-24)19-28-23-13-8-20(9-14-23)7-12-22-17-18-27-26-6-4-3-5-25(22)26/h3-19H,1-2H3/b12-7+,28-19?. The molecule has 0 spiro atoms. The maximum atomic E-state index is 4.58. The highest BCUT2D eigenvalue weighted by atomic mass is 15.1. The topological polar surface area (TPSA) is 28.5 Å². The van der Waals surface area contributed by atoms with Crippen molar-refractivity contribution in [2.75, 3.05) is 19.0 Å². The number of aromatic nitrogens is 1. The van der Waals surface area contributed by atoms with E-state index in [0.717, 1.165) is 27.7 Å². The van der Waals surface area contributed by atoms with Crippen LogP contribution in [0.15, 0.2) is 90.1 Å². The van der Waals surface area contributed by atoms with Gasteiger partial charge >= 0.3 is 0 Å². The van der Waals surface area contributed by atoms with Gasteiger partial charge in [0.05, 0.1) is 11.2 Å². The molecule has 0 aliphatic carbocycles. The van der Waals surface area contributed by atoms with E-state index in [-0.39, 0.29) is 0 Å². The Morgan fingerprint density at radius 2 is 1.48 bits per heavy atom. The SMILES string of the molecule is CN(C)c1ccc(C=Nc2ccc(/C=C/c3ccnc4ccccc34)cc2)cc1. The van der Waals surface area contributed by atoms with Gasteiger partial charge in [-0.2, -0.15) is 0 Å². The van der Waals surface area contributed by atoms with Gasteiger partial charge in [0, 0.05) is 37.6 Å². The molecule has 0 saturated carbocycles. The van der Waals surface area contributed by atoms with E-state index in [2.05, 4.69) is 69.5 Å². The van der Waals surface area contributed by atoms with E-state index in [1.807, 2.05) is 62.9 Å². The van der Waals surface area contributed by atoms with Crippen molar-refractivity contribution in [2.24, 2.45) is 4.99 Å². The Hall–Kier alpha value is -3.72. The molecule has 0 atom stereocenters. The highest BCUT2D eigenvalue weighted by Crippen LogP contribution is 2.20. The number of hydrogen-bond donors (Lipinski definition) is 0. The van der Waals surface area contributed by atoms with Gasteiger partial charge in [0.1, 0.15) is 0 Å². The van der Waals surface area contributed by atoms with Crippen LogP contribution in [-0.4, -0.2) is 25.3 Å². The van der Waals surface area contributed by atoms with Crippen LogP contribution >= 0.6 is 0 Å². The first-order valence-electron chi connectivity index (χ1n) is 9.62. The maximum Gasteiger partial charge on any atom is 0.0707 e. The van der Waals surface area contributed by atoms with E-state index < -0.39 is 0 Å². The van der Waals surface area contributed by atoms with E-state index in [4.69, 9.17) is 0 Å². The first kappa shape index (κ1) is 18.6. The van der Waals surface area contributed by atoms with Crippen LogP contribution in [0.25, 0.3) is 23.1 Å². The second kappa shape index (κ2) is 8.53. The molecule has 0 unspecified atom stereocenters. The Morgan fingerprint density at radius 3 is 2.24 bits per heavy atom. The minimum absolute atomic E-state index is 0.938. The average molecular weight is 377 g/mol. The number of nitrogens with zero attached hydrogens (tertiary/aromatic N) is 3. The zero-order valence-corrected chi connectivity index (χ0v) is 16.7. The van der Waals surface area contributed by atoms with Crippen molar-refractivity contribution < 1.29 is 0 Å². The number of aliphatic imine (C=N–C) groups is 1. The van der Waals surface area contributed by atoms with Crippen molar-refractivity contribution in [3.05, 3.63) is 102 Å². The molecular formula is C26H23N3. The summed E-state index contributed by atoms with van der Waals surface area (Å²) in [4.78, 5) is 11.1. The highest BCUT2D eigenvalue weighted by Gasteiger charge is 1.98. The Balaban J connectivity index is 1.47. The maximum absolute atomic E-state index is 4.58. The number of para-hydroxylation sites is 1. The second-order valence-corrected chi connectivity index (χ2v) is 7.09. The molecule has 3 nitrogen and oxygen atoms in total. The molecule has 3 heteroatoms. The van der Waals surface area contributed by atoms with Crippen LogP contribution in [0.2, 0.25) is 0 Å². The van der Waals surface area contributed by atoms with Gasteiger partial charge in [0.2, 0.25) is 0 Å². The number of hydrogen-bond acceptors (Lipinski definition) is 3. The van der Waals surface area contributed by atoms with Crippen LogP contribution in [0, 0.1) is 0 Å². The Kier molecular flexibility index (Phi) is 5.48. The van der Waals surface area contributed by atoms with Crippen LogP contribution in [0.3, 0.4) is 0 Å². The number of rotatable bonds is 5. The van der Waals surface area contributed by atoms with Gasteiger partial charge in [0.15, 0.2) is 0 Å². The normalized spacial score (nSPS) is 11.5. The number of anilines is 1. The Bertz CT molecular complexity index is 1150. The van der Waals surface area contributed by atoms with E-state index in [9.17, 15) is 0 Å². The van der Waals surface area contributed by atoms with Gasteiger partial charge in [-0.15, -0.1) is 0 Å². The van der Waals surface area contributed by atoms with Gasteiger partial charge in [-0.05, 0) is 53.1 Å². The summed E-state index contributed by atoms with van der Waals surface area (Å²) in [7, 11) is 4.08. The van der Waals surface area contributed by atoms with Crippen LogP contribution in [0.4, 0.5) is 11.4 Å². The summed E-state index contributed by atoms with van der Waals surface area (Å²) < 4.78 is 0. The summed E-state index contributed by atoms with van der Waals surface area (Å²) in [6, 6.07) is 26.8. The fourth-order valence-corrected chi connectivity index (χ4v) is 3.13. The minimum atomic E-state index is 0.938. The fraction of sp³-hybridized carbons (Fsp3) is 0.0769. The molecule has 0 amide bonds. The Labute approximate surface area is 171 Å². The molecule has 4 aromatic rings. The smallest absolute Gasteiger partial charge is 0.0707 e. The molecule has 0 fully saturated rings. The fourth-order valence-electron chi connectivity index (χ4n) is 3.13. The third-order valence-electron chi connectivity index (χ3n) is 4.80. The molecule has 3 aromatic carbocycles. The lowest BCUT2D eigenvalue weighted by Crippen LogP contribution is -2.08. The van der Waals surface area contributed by atoms with Crippen LogP contribution in [0.5, 0.6) is 0 Å². The van der Waals surface area contributed by atoms with Gasteiger partial charge in [-0.25, -0.2) is 0 Å². The number of benzene rings is 3. The van der Waals surface area contributed by atoms with Crippen molar-refractivity contribution >= 4 is 40.6 Å². The highest BCUT2D eigenvalue weighted by molar-refractivity contribution is 5.90. The molecular weight excluding hydrogens is 354 g/mol. The quantitative estimate of drug-likeness (QED) is 0.386. The van der Waals surface area contributed by atoms with Crippen molar-refractivity contribution in [3.8, 4) is 0 Å². The summed E-state index contributed by atoms with van der Waals surface area (Å²) in [5.41, 5.74) is 6.52. The van der Waals surface area contributed by atoms with E-state index in [1.165, 1.54) is 11.3 Å². The van der Waals surface area contributed by atoms with Crippen molar-refractivity contribution in [2.45, 2.75) is 0 Å². The lowest BCUT2D eigenvalue weighted by atomic mass is 10.1. The summed E-state index contributed by atoms with van der Waals surface area (Å²) in [5.74, 6) is 0.